The van der Waals surface area contributed by atoms with E-state index in [1.165, 1.54) is 19.3 Å². The Labute approximate surface area is 109 Å². The van der Waals surface area contributed by atoms with Gasteiger partial charge in [-0.05, 0) is 0 Å². The molecule has 1 heteroatoms. The van der Waals surface area contributed by atoms with Gasteiger partial charge in [0.1, 0.15) is 0 Å². The summed E-state index contributed by atoms with van der Waals surface area (Å²) in [6, 6.07) is 0. The molecule has 0 N–H and O–H groups in total. The molecule has 16 heavy (non-hydrogen) atoms. The van der Waals surface area contributed by atoms with Crippen molar-refractivity contribution >= 4 is 14.7 Å². The third kappa shape index (κ3) is 11.1. The monoisotopic (exact) mass is 288 g/mol. The predicted molar refractivity (Wildman–Crippen MR) is 78.5 cm³/mol. The molecule has 0 saturated heterocycles. The molecule has 0 aliphatic carbocycles. The summed E-state index contributed by atoms with van der Waals surface area (Å²) in [6.07, 6.45) is 4.45. The molecule has 0 saturated carbocycles. The average Bonchev–Trinajstić information content (AvgIpc) is 2.15. The van der Waals surface area contributed by atoms with E-state index in [0.29, 0.717) is 0 Å². The van der Waals surface area contributed by atoms with Gasteiger partial charge in [-0.2, -0.15) is 0 Å². The topological polar surface area (TPSA) is 0 Å². The molecule has 0 radical (unpaired) electrons. The van der Waals surface area contributed by atoms with Crippen LogP contribution in [0.2, 0.25) is 15.6 Å². The normalized spacial score (nSPS) is 12.4. The van der Waals surface area contributed by atoms with E-state index in [2.05, 4.69) is 41.5 Å². The molecule has 0 fully saturated rings. The molecule has 0 aliphatic rings. The van der Waals surface area contributed by atoms with Gasteiger partial charge in [-0.15, -0.1) is 0 Å². The van der Waals surface area contributed by atoms with Crippen molar-refractivity contribution in [1.82, 2.24) is 0 Å². The van der Waals surface area contributed by atoms with E-state index in [1.54, 1.807) is 15.6 Å². The van der Waals surface area contributed by atoms with Crippen LogP contribution in [0.25, 0.3) is 0 Å². The van der Waals surface area contributed by atoms with Gasteiger partial charge in [0.15, 0.2) is 0 Å². The van der Waals surface area contributed by atoms with Gasteiger partial charge in [-0.1, -0.05) is 0 Å². The zero-order chi connectivity index (χ0) is 12.6. The molecule has 0 rings (SSSR count). The fourth-order valence-corrected chi connectivity index (χ4v) is 8.61. The molecule has 0 amide bonds. The Morgan fingerprint density at radius 2 is 0.812 bits per heavy atom. The first-order valence-corrected chi connectivity index (χ1v) is 11.1. The summed E-state index contributed by atoms with van der Waals surface area (Å²) >= 11 is -0.472. The number of hydrogen-bond donors (Lipinski definition) is 0. The van der Waals surface area contributed by atoms with E-state index in [4.69, 9.17) is 0 Å². The summed E-state index contributed by atoms with van der Waals surface area (Å²) < 4.78 is 0. The number of hydrogen-bond acceptors (Lipinski definition) is 0. The van der Waals surface area contributed by atoms with Crippen LogP contribution in [0.4, 0.5) is 0 Å². The van der Waals surface area contributed by atoms with Crippen molar-refractivity contribution in [1.29, 1.82) is 0 Å². The Kier molecular flexibility index (Phi) is 9.91. The van der Waals surface area contributed by atoms with Gasteiger partial charge in [-0.3, -0.25) is 0 Å². The Balaban J connectivity index is 3.85. The van der Waals surface area contributed by atoms with Crippen molar-refractivity contribution in [3.05, 3.63) is 0 Å². The van der Waals surface area contributed by atoms with Crippen LogP contribution in [0.15, 0.2) is 0 Å². The van der Waals surface area contributed by atoms with Crippen molar-refractivity contribution in [2.45, 2.75) is 76.4 Å². The molecule has 0 aromatic carbocycles. The van der Waals surface area contributed by atoms with Crippen molar-refractivity contribution in [2.24, 2.45) is 17.8 Å². The molecule has 0 atom stereocenters. The third-order valence-electron chi connectivity index (χ3n) is 3.07. The van der Waals surface area contributed by atoms with Crippen LogP contribution >= 0.6 is 0 Å². The summed E-state index contributed by atoms with van der Waals surface area (Å²) in [5.74, 6) is 2.74. The zero-order valence-electron chi connectivity index (χ0n) is 12.4. The van der Waals surface area contributed by atoms with Crippen LogP contribution in [0.1, 0.15) is 60.8 Å². The van der Waals surface area contributed by atoms with Crippen LogP contribution in [0.5, 0.6) is 0 Å². The van der Waals surface area contributed by atoms with Gasteiger partial charge in [-0.25, -0.2) is 0 Å². The van der Waals surface area contributed by atoms with Crippen molar-refractivity contribution in [3.8, 4) is 0 Å². The first-order valence-electron chi connectivity index (χ1n) is 7.14. The Hall–Kier alpha value is 0.558. The molecule has 0 aromatic rings. The van der Waals surface area contributed by atoms with Crippen molar-refractivity contribution in [2.75, 3.05) is 0 Å². The molecule has 0 aliphatic heterocycles. The van der Waals surface area contributed by atoms with E-state index in [1.807, 2.05) is 0 Å². The van der Waals surface area contributed by atoms with Gasteiger partial charge >= 0.3 is 109 Å². The molecule has 0 bridgehead atoms. The van der Waals surface area contributed by atoms with Crippen molar-refractivity contribution < 1.29 is 0 Å². The first kappa shape index (κ1) is 16.6. The molecule has 0 nitrogen and oxygen atoms in total. The van der Waals surface area contributed by atoms with Gasteiger partial charge in [0.05, 0.1) is 0 Å². The fraction of sp³-hybridized carbons (Fsp3) is 1.00. The first-order chi connectivity index (χ1) is 7.41. The summed E-state index contributed by atoms with van der Waals surface area (Å²) in [7, 11) is 0. The average molecular weight is 288 g/mol. The van der Waals surface area contributed by atoms with Crippen LogP contribution in [0.3, 0.4) is 0 Å². The SMILES string of the molecule is CC(C)CC[As](CCC(C)C)CCC(C)C. The predicted octanol–water partition coefficient (Wildman–Crippen LogP) is 5.62. The van der Waals surface area contributed by atoms with Gasteiger partial charge in [0.25, 0.3) is 0 Å². The Morgan fingerprint density at radius 3 is 1.00 bits per heavy atom. The van der Waals surface area contributed by atoms with Crippen molar-refractivity contribution in [3.63, 3.8) is 0 Å². The summed E-state index contributed by atoms with van der Waals surface area (Å²) in [5.41, 5.74) is 0. The second-order valence-corrected chi connectivity index (χ2v) is 12.0. The minimum atomic E-state index is -0.472. The van der Waals surface area contributed by atoms with Crippen LogP contribution in [-0.4, -0.2) is 14.7 Å². The molecule has 0 spiro atoms. The molecule has 0 heterocycles. The second kappa shape index (κ2) is 9.57. The van der Waals surface area contributed by atoms with Crippen LogP contribution in [-0.2, 0) is 0 Å². The van der Waals surface area contributed by atoms with E-state index >= 15 is 0 Å². The quantitative estimate of drug-likeness (QED) is 0.483. The minimum absolute atomic E-state index is 0.472. The van der Waals surface area contributed by atoms with E-state index in [9.17, 15) is 0 Å². The summed E-state index contributed by atoms with van der Waals surface area (Å²) in [4.78, 5) is 0. The third-order valence-corrected chi connectivity index (χ3v) is 8.67. The summed E-state index contributed by atoms with van der Waals surface area (Å²) in [6.45, 7) is 14.2. The van der Waals surface area contributed by atoms with E-state index in [-0.39, 0.29) is 0 Å². The number of rotatable bonds is 9. The van der Waals surface area contributed by atoms with Crippen LogP contribution < -0.4 is 0 Å². The zero-order valence-corrected chi connectivity index (χ0v) is 14.3. The molecule has 0 unspecified atom stereocenters. The van der Waals surface area contributed by atoms with Gasteiger partial charge < -0.3 is 0 Å². The Bertz CT molecular complexity index is 121. The molecule has 0 aromatic heterocycles. The maximum absolute atomic E-state index is 2.37. The van der Waals surface area contributed by atoms with Gasteiger partial charge in [0, 0.05) is 0 Å². The molecular formula is C15H33As. The summed E-state index contributed by atoms with van der Waals surface area (Å²) in [5, 5.41) is 4.80. The standard InChI is InChI=1S/C15H33As/c1-13(2)7-10-16(11-8-14(3)4)12-9-15(5)6/h13-15H,7-12H2,1-6H3. The maximum atomic E-state index is 2.37. The second-order valence-electron chi connectivity index (χ2n) is 6.39. The molecular weight excluding hydrogens is 255 g/mol. The van der Waals surface area contributed by atoms with E-state index in [0.717, 1.165) is 17.8 Å². The molecule has 98 valence electrons. The van der Waals surface area contributed by atoms with Crippen LogP contribution in [0, 0.1) is 17.8 Å². The fourth-order valence-electron chi connectivity index (χ4n) is 1.66. The van der Waals surface area contributed by atoms with Gasteiger partial charge in [0.2, 0.25) is 0 Å². The van der Waals surface area contributed by atoms with E-state index < -0.39 is 14.7 Å². The Morgan fingerprint density at radius 1 is 0.562 bits per heavy atom.